The zero-order chi connectivity index (χ0) is 28.4. The van der Waals surface area contributed by atoms with Crippen molar-refractivity contribution in [2.75, 3.05) is 6.61 Å². The number of carbonyl (C=O) groups is 2. The summed E-state index contributed by atoms with van der Waals surface area (Å²) in [6.07, 6.45) is -7.20. The summed E-state index contributed by atoms with van der Waals surface area (Å²) in [5.41, 5.74) is 0. The molecule has 2 fully saturated rings. The van der Waals surface area contributed by atoms with Gasteiger partial charge in [0.05, 0.1) is 24.9 Å². The van der Waals surface area contributed by atoms with Crippen LogP contribution in [0, 0.1) is 0 Å². The van der Waals surface area contributed by atoms with Gasteiger partial charge in [-0.05, 0) is 34.1 Å². The number of ether oxygens (including phenoxy) is 4. The first kappa shape index (κ1) is 36.6. The van der Waals surface area contributed by atoms with Gasteiger partial charge in [-0.25, -0.2) is 0 Å². The molecule has 2 rings (SSSR count). The number of aliphatic hydroxyl groups is 5. The van der Waals surface area contributed by atoms with Crippen LogP contribution in [0.5, 0.6) is 0 Å². The van der Waals surface area contributed by atoms with Crippen molar-refractivity contribution < 1.29 is 54.1 Å². The third-order valence-electron chi connectivity index (χ3n) is 5.82. The van der Waals surface area contributed by atoms with Crippen LogP contribution in [0.1, 0.15) is 68.7 Å². The summed E-state index contributed by atoms with van der Waals surface area (Å²) in [6, 6.07) is -1.63. The van der Waals surface area contributed by atoms with Crippen LogP contribution in [-0.4, -0.2) is 117 Å². The molecule has 7 N–H and O–H groups in total. The number of hydrogen-bond donors (Lipinski definition) is 7. The lowest BCUT2D eigenvalue weighted by Crippen LogP contribution is -2.64. The van der Waals surface area contributed by atoms with Crippen molar-refractivity contribution in [1.82, 2.24) is 10.6 Å². The van der Waals surface area contributed by atoms with Gasteiger partial charge in [-0.1, -0.05) is 21.3 Å². The molecule has 0 saturated carbocycles. The Morgan fingerprint density at radius 1 is 0.789 bits per heavy atom. The van der Waals surface area contributed by atoms with Crippen LogP contribution in [0.3, 0.4) is 0 Å². The van der Waals surface area contributed by atoms with Gasteiger partial charge in [0.2, 0.25) is 11.8 Å². The van der Waals surface area contributed by atoms with Gasteiger partial charge >= 0.3 is 0 Å². The second-order valence-electron chi connectivity index (χ2n) is 9.68. The van der Waals surface area contributed by atoms with Gasteiger partial charge in [-0.3, -0.25) is 9.59 Å². The molecule has 13 nitrogen and oxygen atoms in total. The normalized spacial score (nSPS) is 35.1. The second kappa shape index (κ2) is 17.3. The molecule has 0 radical (unpaired) electrons. The van der Waals surface area contributed by atoms with Crippen molar-refractivity contribution in [3.05, 3.63) is 0 Å². The summed E-state index contributed by atoms with van der Waals surface area (Å²) in [6.45, 7) is 11.7. The average molecular weight is 555 g/mol. The van der Waals surface area contributed by atoms with E-state index < -0.39 is 67.9 Å². The molecule has 2 unspecified atom stereocenters. The molecule has 2 aliphatic heterocycles. The van der Waals surface area contributed by atoms with Gasteiger partial charge in [-0.2, -0.15) is 0 Å². The molecule has 2 aliphatic rings. The second-order valence-corrected chi connectivity index (χ2v) is 9.68. The van der Waals surface area contributed by atoms with Crippen LogP contribution in [0.25, 0.3) is 0 Å². The van der Waals surface area contributed by atoms with Crippen LogP contribution in [0.15, 0.2) is 0 Å². The van der Waals surface area contributed by atoms with Crippen molar-refractivity contribution in [3.63, 3.8) is 0 Å². The smallest absolute Gasteiger partial charge is 0.220 e. The van der Waals surface area contributed by atoms with E-state index in [-0.39, 0.29) is 31.4 Å². The first-order chi connectivity index (χ1) is 17.3. The highest BCUT2D eigenvalue weighted by Gasteiger charge is 2.46. The van der Waals surface area contributed by atoms with E-state index in [1.165, 1.54) is 6.92 Å². The lowest BCUT2D eigenvalue weighted by molar-refractivity contribution is -0.278. The molecule has 10 atom stereocenters. The predicted molar refractivity (Wildman–Crippen MR) is 138 cm³/mol. The Hall–Kier alpha value is -1.42. The molecule has 0 bridgehead atoms. The third-order valence-corrected chi connectivity index (χ3v) is 5.82. The minimum absolute atomic E-state index is 0. The average Bonchev–Trinajstić information content (AvgIpc) is 2.82. The van der Waals surface area contributed by atoms with Crippen LogP contribution in [0.2, 0.25) is 0 Å². The standard InChI is InChI=1S/C13H25NO5.C11H21NO6.CH4/c1-5-8-11(16)12(17)10(14-9(15)6-2)13(19-8)18-7(3)4;1-5(2)17-11-8(12-6(3)14)10(16)9(15)7(4-13)18-11;/h7-8,10-13,16-17H,5-6H2,1-4H3,(H,14,15);5,7-11,13,15-16H,4H2,1-3H3,(H,12,14);1H4/t8-,10-,11+,12-,13?;7-,8-,9+,10-,11?;/m11./s1. The molecule has 13 heteroatoms. The maximum absolute atomic E-state index is 11.5. The summed E-state index contributed by atoms with van der Waals surface area (Å²) in [4.78, 5) is 22.6. The first-order valence-electron chi connectivity index (χ1n) is 12.8. The summed E-state index contributed by atoms with van der Waals surface area (Å²) < 4.78 is 22.0. The van der Waals surface area contributed by atoms with Crippen LogP contribution < -0.4 is 10.6 Å². The van der Waals surface area contributed by atoms with Gasteiger partial charge in [0, 0.05) is 13.3 Å². The number of rotatable bonds is 9. The minimum Gasteiger partial charge on any atom is -0.394 e. The van der Waals surface area contributed by atoms with E-state index in [4.69, 9.17) is 24.1 Å². The van der Waals surface area contributed by atoms with Crippen LogP contribution in [0.4, 0.5) is 0 Å². The van der Waals surface area contributed by atoms with Crippen LogP contribution in [-0.2, 0) is 28.5 Å². The molecule has 38 heavy (non-hydrogen) atoms. The monoisotopic (exact) mass is 554 g/mol. The quantitative estimate of drug-likeness (QED) is 0.188. The number of nitrogens with one attached hydrogen (secondary N) is 2. The largest absolute Gasteiger partial charge is 0.394 e. The topological polar surface area (TPSA) is 196 Å². The SMILES string of the molecule is C.CC(=O)N[C@H]1C(OC(C)C)O[C@H](CO)[C@H](O)[C@@H]1O.CCC(=O)N[C@H]1C(OC(C)C)O[C@H](CC)[C@H](O)[C@@H]1O. The van der Waals surface area contributed by atoms with E-state index in [0.29, 0.717) is 12.8 Å². The zero-order valence-electron chi connectivity index (χ0n) is 22.7. The fraction of sp³-hybridized carbons (Fsp3) is 0.920. The van der Waals surface area contributed by atoms with E-state index in [1.54, 1.807) is 20.8 Å². The Balaban J connectivity index is 0.000000703. The summed E-state index contributed by atoms with van der Waals surface area (Å²) in [5, 5.41) is 54.0. The highest BCUT2D eigenvalue weighted by molar-refractivity contribution is 5.76. The van der Waals surface area contributed by atoms with Crippen molar-refractivity contribution in [2.24, 2.45) is 0 Å². The van der Waals surface area contributed by atoms with E-state index in [2.05, 4.69) is 10.6 Å². The van der Waals surface area contributed by atoms with Crippen molar-refractivity contribution >= 4 is 11.8 Å². The number of hydrogen-bond acceptors (Lipinski definition) is 11. The van der Waals surface area contributed by atoms with E-state index in [0.717, 1.165) is 0 Å². The molecule has 0 aromatic rings. The van der Waals surface area contributed by atoms with Crippen LogP contribution >= 0.6 is 0 Å². The van der Waals surface area contributed by atoms with Gasteiger partial charge in [0.15, 0.2) is 12.6 Å². The molecule has 0 spiro atoms. The molecule has 0 aromatic carbocycles. The highest BCUT2D eigenvalue weighted by atomic mass is 16.7. The van der Waals surface area contributed by atoms with Crippen molar-refractivity contribution in [3.8, 4) is 0 Å². The van der Waals surface area contributed by atoms with E-state index in [9.17, 15) is 30.0 Å². The molecule has 0 aliphatic carbocycles. The van der Waals surface area contributed by atoms with E-state index >= 15 is 0 Å². The minimum atomic E-state index is -1.28. The summed E-state index contributed by atoms with van der Waals surface area (Å²) >= 11 is 0. The van der Waals surface area contributed by atoms with Gasteiger partial charge in [0.1, 0.15) is 42.6 Å². The fourth-order valence-corrected chi connectivity index (χ4v) is 3.95. The number of aliphatic hydroxyl groups excluding tert-OH is 5. The van der Waals surface area contributed by atoms with Crippen molar-refractivity contribution in [2.45, 2.75) is 142 Å². The molecule has 0 aromatic heterocycles. The van der Waals surface area contributed by atoms with Gasteiger partial charge in [-0.15, -0.1) is 0 Å². The highest BCUT2D eigenvalue weighted by Crippen LogP contribution is 2.25. The molecule has 2 saturated heterocycles. The Labute approximate surface area is 225 Å². The summed E-state index contributed by atoms with van der Waals surface area (Å²) in [5.74, 6) is -0.582. The molecular weight excluding hydrogens is 504 g/mol. The number of carbonyl (C=O) groups excluding carboxylic acids is 2. The van der Waals surface area contributed by atoms with E-state index in [1.807, 2.05) is 20.8 Å². The zero-order valence-corrected chi connectivity index (χ0v) is 22.7. The summed E-state index contributed by atoms with van der Waals surface area (Å²) in [7, 11) is 0. The first-order valence-corrected chi connectivity index (χ1v) is 12.8. The van der Waals surface area contributed by atoms with Crippen molar-refractivity contribution in [1.29, 1.82) is 0 Å². The van der Waals surface area contributed by atoms with Gasteiger partial charge < -0.3 is 55.1 Å². The maximum atomic E-state index is 11.5. The maximum Gasteiger partial charge on any atom is 0.220 e. The Kier molecular flexibility index (Phi) is 16.7. The predicted octanol–water partition coefficient (Wildman–Crippen LogP) is -0.846. The Morgan fingerprint density at radius 2 is 1.21 bits per heavy atom. The Bertz CT molecular complexity index is 696. The third kappa shape index (κ3) is 10.6. The van der Waals surface area contributed by atoms with Gasteiger partial charge in [0.25, 0.3) is 0 Å². The molecule has 226 valence electrons. The Morgan fingerprint density at radius 3 is 1.58 bits per heavy atom. The lowest BCUT2D eigenvalue weighted by atomic mass is 9.95. The molecule has 2 amide bonds. The molecule has 2 heterocycles. The number of amides is 2. The molecular formula is C25H50N2O11. The lowest BCUT2D eigenvalue weighted by Gasteiger charge is -2.43. The fourth-order valence-electron chi connectivity index (χ4n) is 3.95.